The molecule has 1 unspecified atom stereocenters. The second kappa shape index (κ2) is 10.7. The Bertz CT molecular complexity index is 630. The topological polar surface area (TPSA) is 52.9 Å². The highest BCUT2D eigenvalue weighted by Gasteiger charge is 2.13. The molecule has 0 heterocycles. The van der Waals surface area contributed by atoms with E-state index in [4.69, 9.17) is 4.74 Å². The maximum atomic E-state index is 10.3. The van der Waals surface area contributed by atoms with E-state index in [1.807, 2.05) is 65.6 Å². The SMILES string of the molecule is C=CCc1ccccc1OCC(O)CN(CCO)Cc1ccccc1. The summed E-state index contributed by atoms with van der Waals surface area (Å²) >= 11 is 0. The van der Waals surface area contributed by atoms with Crippen molar-refractivity contribution >= 4 is 0 Å². The van der Waals surface area contributed by atoms with Gasteiger partial charge in [0.25, 0.3) is 0 Å². The third-order valence-corrected chi connectivity index (χ3v) is 3.90. The third-order valence-electron chi connectivity index (χ3n) is 3.90. The van der Waals surface area contributed by atoms with Gasteiger partial charge in [0.1, 0.15) is 18.5 Å². The summed E-state index contributed by atoms with van der Waals surface area (Å²) in [4.78, 5) is 2.03. The molecule has 1 atom stereocenters. The van der Waals surface area contributed by atoms with Crippen molar-refractivity contribution in [2.24, 2.45) is 0 Å². The molecule has 0 amide bonds. The second-order valence-corrected chi connectivity index (χ2v) is 6.01. The van der Waals surface area contributed by atoms with Gasteiger partial charge in [-0.1, -0.05) is 54.6 Å². The zero-order chi connectivity index (χ0) is 17.9. The number of benzene rings is 2. The van der Waals surface area contributed by atoms with Crippen LogP contribution < -0.4 is 4.74 Å². The predicted molar refractivity (Wildman–Crippen MR) is 101 cm³/mol. The molecule has 0 aliphatic heterocycles. The molecule has 0 saturated carbocycles. The molecule has 4 heteroatoms. The zero-order valence-corrected chi connectivity index (χ0v) is 14.6. The van der Waals surface area contributed by atoms with Gasteiger partial charge in [-0.3, -0.25) is 4.90 Å². The number of hydrogen-bond donors (Lipinski definition) is 2. The molecule has 0 saturated heterocycles. The zero-order valence-electron chi connectivity index (χ0n) is 14.6. The number of rotatable bonds is 11. The van der Waals surface area contributed by atoms with Crippen LogP contribution in [0.3, 0.4) is 0 Å². The molecule has 2 N–H and O–H groups in total. The lowest BCUT2D eigenvalue weighted by atomic mass is 10.1. The molecule has 0 radical (unpaired) electrons. The van der Waals surface area contributed by atoms with Crippen molar-refractivity contribution in [2.75, 3.05) is 26.3 Å². The number of para-hydroxylation sites is 1. The summed E-state index contributed by atoms with van der Waals surface area (Å²) in [6.07, 6.45) is 1.94. The van der Waals surface area contributed by atoms with Crippen LogP contribution in [-0.2, 0) is 13.0 Å². The van der Waals surface area contributed by atoms with Gasteiger partial charge in [-0.2, -0.15) is 0 Å². The number of ether oxygens (including phenoxy) is 1. The van der Waals surface area contributed by atoms with Crippen molar-refractivity contribution in [3.05, 3.63) is 78.4 Å². The molecule has 25 heavy (non-hydrogen) atoms. The van der Waals surface area contributed by atoms with E-state index in [1.165, 1.54) is 0 Å². The average molecular weight is 341 g/mol. The molecule has 0 aliphatic rings. The van der Waals surface area contributed by atoms with E-state index in [9.17, 15) is 10.2 Å². The number of hydrogen-bond acceptors (Lipinski definition) is 4. The quantitative estimate of drug-likeness (QED) is 0.617. The summed E-state index contributed by atoms with van der Waals surface area (Å²) in [6, 6.07) is 17.8. The Hall–Kier alpha value is -2.14. The molecule has 0 aliphatic carbocycles. The largest absolute Gasteiger partial charge is 0.491 e. The van der Waals surface area contributed by atoms with Crippen LogP contribution >= 0.6 is 0 Å². The van der Waals surface area contributed by atoms with Gasteiger partial charge >= 0.3 is 0 Å². The fourth-order valence-corrected chi connectivity index (χ4v) is 2.72. The Morgan fingerprint density at radius 1 is 1.08 bits per heavy atom. The van der Waals surface area contributed by atoms with E-state index in [-0.39, 0.29) is 13.2 Å². The summed E-state index contributed by atoms with van der Waals surface area (Å²) < 4.78 is 5.79. The fraction of sp³-hybridized carbons (Fsp3) is 0.333. The van der Waals surface area contributed by atoms with Crippen LogP contribution in [0.4, 0.5) is 0 Å². The highest BCUT2D eigenvalue weighted by molar-refractivity contribution is 5.34. The van der Waals surface area contributed by atoms with Gasteiger partial charge in [0.2, 0.25) is 0 Å². The Morgan fingerprint density at radius 2 is 1.80 bits per heavy atom. The van der Waals surface area contributed by atoms with Crippen LogP contribution in [0.25, 0.3) is 0 Å². The van der Waals surface area contributed by atoms with Crippen molar-refractivity contribution in [3.63, 3.8) is 0 Å². The van der Waals surface area contributed by atoms with Gasteiger partial charge in [0.05, 0.1) is 6.61 Å². The standard InChI is InChI=1S/C21H27NO3/c1-2-8-19-11-6-7-12-21(19)25-17-20(24)16-22(13-14-23)15-18-9-4-3-5-10-18/h2-7,9-12,20,23-24H,1,8,13-17H2. The summed E-state index contributed by atoms with van der Waals surface area (Å²) in [6.45, 7) is 5.67. The molecule has 4 nitrogen and oxygen atoms in total. The number of aliphatic hydroxyl groups excluding tert-OH is 2. The minimum atomic E-state index is -0.632. The van der Waals surface area contributed by atoms with Gasteiger partial charge in [-0.15, -0.1) is 6.58 Å². The monoisotopic (exact) mass is 341 g/mol. The minimum absolute atomic E-state index is 0.0581. The lowest BCUT2D eigenvalue weighted by Crippen LogP contribution is -2.37. The average Bonchev–Trinajstić information content (AvgIpc) is 2.62. The fourth-order valence-electron chi connectivity index (χ4n) is 2.72. The highest BCUT2D eigenvalue weighted by atomic mass is 16.5. The first kappa shape index (κ1) is 19.2. The molecule has 134 valence electrons. The van der Waals surface area contributed by atoms with Crippen LogP contribution in [0.5, 0.6) is 5.75 Å². The molecule has 2 aromatic rings. The van der Waals surface area contributed by atoms with Crippen LogP contribution in [-0.4, -0.2) is 47.5 Å². The third kappa shape index (κ3) is 6.70. The van der Waals surface area contributed by atoms with Gasteiger partial charge in [0, 0.05) is 19.6 Å². The van der Waals surface area contributed by atoms with E-state index in [0.29, 0.717) is 19.6 Å². The predicted octanol–water partition coefficient (Wildman–Crippen LogP) is 2.65. The minimum Gasteiger partial charge on any atom is -0.491 e. The van der Waals surface area contributed by atoms with E-state index in [0.717, 1.165) is 23.3 Å². The molecule has 2 aromatic carbocycles. The van der Waals surface area contributed by atoms with Crippen LogP contribution in [0.15, 0.2) is 67.3 Å². The summed E-state index contributed by atoms with van der Waals surface area (Å²) in [5.41, 5.74) is 2.21. The Labute approximate surface area is 150 Å². The normalized spacial score (nSPS) is 12.1. The molecule has 2 rings (SSSR count). The smallest absolute Gasteiger partial charge is 0.122 e. The Balaban J connectivity index is 1.88. The Kier molecular flexibility index (Phi) is 8.19. The molecule has 0 bridgehead atoms. The first-order chi connectivity index (χ1) is 12.2. The lowest BCUT2D eigenvalue weighted by Gasteiger charge is -2.24. The lowest BCUT2D eigenvalue weighted by molar-refractivity contribution is 0.0587. The van der Waals surface area contributed by atoms with Crippen molar-refractivity contribution in [1.82, 2.24) is 4.90 Å². The number of allylic oxidation sites excluding steroid dienone is 1. The Morgan fingerprint density at radius 3 is 2.52 bits per heavy atom. The maximum absolute atomic E-state index is 10.3. The number of nitrogens with zero attached hydrogens (tertiary/aromatic N) is 1. The second-order valence-electron chi connectivity index (χ2n) is 6.01. The summed E-state index contributed by atoms with van der Waals surface area (Å²) in [5.74, 6) is 0.776. The van der Waals surface area contributed by atoms with Gasteiger partial charge < -0.3 is 14.9 Å². The molecule has 0 spiro atoms. The maximum Gasteiger partial charge on any atom is 0.122 e. The summed E-state index contributed by atoms with van der Waals surface area (Å²) in [7, 11) is 0. The van der Waals surface area contributed by atoms with Crippen molar-refractivity contribution in [3.8, 4) is 5.75 Å². The van der Waals surface area contributed by atoms with Crippen LogP contribution in [0, 0.1) is 0 Å². The van der Waals surface area contributed by atoms with E-state index >= 15 is 0 Å². The molecular weight excluding hydrogens is 314 g/mol. The van der Waals surface area contributed by atoms with E-state index in [2.05, 4.69) is 6.58 Å². The van der Waals surface area contributed by atoms with Gasteiger partial charge in [-0.05, 0) is 23.6 Å². The van der Waals surface area contributed by atoms with E-state index in [1.54, 1.807) is 0 Å². The van der Waals surface area contributed by atoms with E-state index < -0.39 is 6.10 Å². The molecular formula is C21H27NO3. The molecule has 0 fully saturated rings. The van der Waals surface area contributed by atoms with Crippen LogP contribution in [0.1, 0.15) is 11.1 Å². The summed E-state index contributed by atoms with van der Waals surface area (Å²) in [5, 5.41) is 19.6. The first-order valence-corrected chi connectivity index (χ1v) is 8.59. The highest BCUT2D eigenvalue weighted by Crippen LogP contribution is 2.19. The molecule has 0 aromatic heterocycles. The van der Waals surface area contributed by atoms with Gasteiger partial charge in [0.15, 0.2) is 0 Å². The van der Waals surface area contributed by atoms with Crippen molar-refractivity contribution in [2.45, 2.75) is 19.1 Å². The van der Waals surface area contributed by atoms with Crippen molar-refractivity contribution in [1.29, 1.82) is 0 Å². The number of aliphatic hydroxyl groups is 2. The van der Waals surface area contributed by atoms with Crippen molar-refractivity contribution < 1.29 is 14.9 Å². The first-order valence-electron chi connectivity index (χ1n) is 8.59. The van der Waals surface area contributed by atoms with Gasteiger partial charge in [-0.25, -0.2) is 0 Å². The van der Waals surface area contributed by atoms with Crippen LogP contribution in [0.2, 0.25) is 0 Å².